The number of aromatic nitrogens is 1. The standard InChI is InChI=1S/C32H31ClN2O4S/c1-18-17-26(19(2)16-25(18)22-10-12-23(13-11-22)32(14-15-32)30(36)38-5)29-28(20(3)35-40-29)34-31(37)39-21(4)24-8-6-7-9-27(24)33/h6-13,16-17,21H,14-15H2,1-5H3,(H,34,37). The molecule has 1 N–H and O–H groups in total. The predicted molar refractivity (Wildman–Crippen MR) is 160 cm³/mol. The molecule has 6 nitrogen and oxygen atoms in total. The topological polar surface area (TPSA) is 77.5 Å². The molecular formula is C32H31ClN2O4S. The number of amides is 1. The van der Waals surface area contributed by atoms with Crippen molar-refractivity contribution in [3.8, 4) is 21.6 Å². The molecule has 0 saturated heterocycles. The summed E-state index contributed by atoms with van der Waals surface area (Å²) in [6.07, 6.45) is 0.566. The zero-order valence-electron chi connectivity index (χ0n) is 23.1. The van der Waals surface area contributed by atoms with Crippen LogP contribution in [0.5, 0.6) is 0 Å². The monoisotopic (exact) mass is 574 g/mol. The summed E-state index contributed by atoms with van der Waals surface area (Å²) in [5.41, 5.74) is 7.96. The fraction of sp³-hybridized carbons (Fsp3) is 0.281. The number of ether oxygens (including phenoxy) is 2. The van der Waals surface area contributed by atoms with Crippen LogP contribution in [-0.2, 0) is 19.7 Å². The summed E-state index contributed by atoms with van der Waals surface area (Å²) < 4.78 is 15.2. The normalized spacial score (nSPS) is 14.3. The first-order valence-corrected chi connectivity index (χ1v) is 14.3. The van der Waals surface area contributed by atoms with E-state index in [1.807, 2.05) is 37.3 Å². The number of anilines is 1. The molecule has 1 unspecified atom stereocenters. The molecule has 8 heteroatoms. The Labute approximate surface area is 243 Å². The molecule has 4 aromatic rings. The molecule has 206 valence electrons. The van der Waals surface area contributed by atoms with Crippen molar-refractivity contribution in [1.29, 1.82) is 0 Å². The number of rotatable bonds is 7. The summed E-state index contributed by atoms with van der Waals surface area (Å²) in [5.74, 6) is -0.164. The number of nitrogens with zero attached hydrogens (tertiary/aromatic N) is 1. The average molecular weight is 575 g/mol. The van der Waals surface area contributed by atoms with E-state index in [4.69, 9.17) is 21.1 Å². The molecule has 3 aromatic carbocycles. The minimum absolute atomic E-state index is 0.164. The number of benzene rings is 3. The maximum atomic E-state index is 12.9. The van der Waals surface area contributed by atoms with E-state index in [9.17, 15) is 9.59 Å². The smallest absolute Gasteiger partial charge is 0.412 e. The van der Waals surface area contributed by atoms with Gasteiger partial charge in [-0.15, -0.1) is 0 Å². The van der Waals surface area contributed by atoms with Crippen LogP contribution in [0.25, 0.3) is 21.6 Å². The first-order valence-electron chi connectivity index (χ1n) is 13.1. The molecule has 0 radical (unpaired) electrons. The Balaban J connectivity index is 1.38. The van der Waals surface area contributed by atoms with Gasteiger partial charge in [0.2, 0.25) is 0 Å². The van der Waals surface area contributed by atoms with Gasteiger partial charge in [0.15, 0.2) is 0 Å². The summed E-state index contributed by atoms with van der Waals surface area (Å²) in [6.45, 7) is 7.79. The van der Waals surface area contributed by atoms with Gasteiger partial charge in [-0.1, -0.05) is 60.1 Å². The van der Waals surface area contributed by atoms with E-state index in [1.54, 1.807) is 13.0 Å². The highest BCUT2D eigenvalue weighted by molar-refractivity contribution is 7.10. The zero-order chi connectivity index (χ0) is 28.6. The number of carbonyl (C=O) groups excluding carboxylic acids is 2. The quantitative estimate of drug-likeness (QED) is 0.224. The lowest BCUT2D eigenvalue weighted by Crippen LogP contribution is -2.21. The first-order chi connectivity index (χ1) is 19.1. The Morgan fingerprint density at radius 3 is 2.30 bits per heavy atom. The van der Waals surface area contributed by atoms with E-state index in [0.29, 0.717) is 10.7 Å². The third kappa shape index (κ3) is 5.23. The fourth-order valence-corrected chi connectivity index (χ4v) is 6.35. The number of halogens is 1. The van der Waals surface area contributed by atoms with Crippen LogP contribution in [0, 0.1) is 20.8 Å². The van der Waals surface area contributed by atoms with Gasteiger partial charge in [0, 0.05) is 10.6 Å². The third-order valence-corrected chi connectivity index (χ3v) is 8.92. The third-order valence-electron chi connectivity index (χ3n) is 7.61. The number of carbonyl (C=O) groups is 2. The molecular weight excluding hydrogens is 544 g/mol. The molecule has 1 aliphatic carbocycles. The van der Waals surface area contributed by atoms with Gasteiger partial charge in [0.25, 0.3) is 0 Å². The number of hydrogen-bond acceptors (Lipinski definition) is 6. The van der Waals surface area contributed by atoms with Crippen LogP contribution in [0.4, 0.5) is 10.5 Å². The number of esters is 1. The Morgan fingerprint density at radius 2 is 1.65 bits per heavy atom. The molecule has 0 bridgehead atoms. The van der Waals surface area contributed by atoms with Crippen molar-refractivity contribution in [1.82, 2.24) is 4.37 Å². The maximum Gasteiger partial charge on any atom is 0.412 e. The number of aryl methyl sites for hydroxylation is 3. The second-order valence-corrected chi connectivity index (χ2v) is 11.5. The van der Waals surface area contributed by atoms with Gasteiger partial charge < -0.3 is 9.47 Å². The average Bonchev–Trinajstić information content (AvgIpc) is 3.68. The number of methoxy groups -OCH3 is 1. The minimum atomic E-state index is -0.566. The fourth-order valence-electron chi connectivity index (χ4n) is 5.13. The van der Waals surface area contributed by atoms with E-state index in [-0.39, 0.29) is 5.97 Å². The molecule has 1 atom stereocenters. The Bertz CT molecular complexity index is 1590. The van der Waals surface area contributed by atoms with Gasteiger partial charge in [0.1, 0.15) is 6.10 Å². The molecule has 1 saturated carbocycles. The minimum Gasteiger partial charge on any atom is -0.468 e. The zero-order valence-corrected chi connectivity index (χ0v) is 24.7. The van der Waals surface area contributed by atoms with Crippen LogP contribution < -0.4 is 5.32 Å². The van der Waals surface area contributed by atoms with Crippen molar-refractivity contribution >= 4 is 40.9 Å². The number of nitrogens with one attached hydrogen (secondary N) is 1. The Kier molecular flexibility index (Phi) is 7.71. The lowest BCUT2D eigenvalue weighted by Gasteiger charge is -2.17. The van der Waals surface area contributed by atoms with Crippen LogP contribution in [-0.4, -0.2) is 23.5 Å². The summed E-state index contributed by atoms with van der Waals surface area (Å²) in [6, 6.07) is 19.8. The van der Waals surface area contributed by atoms with Crippen molar-refractivity contribution in [3.63, 3.8) is 0 Å². The highest BCUT2D eigenvalue weighted by Crippen LogP contribution is 2.49. The predicted octanol–water partition coefficient (Wildman–Crippen LogP) is 8.57. The van der Waals surface area contributed by atoms with Crippen LogP contribution in [0.2, 0.25) is 5.02 Å². The summed E-state index contributed by atoms with van der Waals surface area (Å²) in [4.78, 5) is 26.0. The van der Waals surface area contributed by atoms with Crippen molar-refractivity contribution in [2.24, 2.45) is 0 Å². The van der Waals surface area contributed by atoms with Gasteiger partial charge >= 0.3 is 12.1 Å². The van der Waals surface area contributed by atoms with E-state index in [0.717, 1.165) is 62.4 Å². The molecule has 40 heavy (non-hydrogen) atoms. The highest BCUT2D eigenvalue weighted by Gasteiger charge is 2.52. The molecule has 1 heterocycles. The second kappa shape index (κ2) is 11.1. The van der Waals surface area contributed by atoms with E-state index in [2.05, 4.69) is 47.8 Å². The van der Waals surface area contributed by atoms with Crippen LogP contribution in [0.15, 0.2) is 60.7 Å². The van der Waals surface area contributed by atoms with Crippen molar-refractivity contribution in [3.05, 3.63) is 93.6 Å². The van der Waals surface area contributed by atoms with E-state index < -0.39 is 17.6 Å². The Hall–Kier alpha value is -3.68. The van der Waals surface area contributed by atoms with Crippen molar-refractivity contribution < 1.29 is 19.1 Å². The van der Waals surface area contributed by atoms with E-state index in [1.165, 1.54) is 18.6 Å². The summed E-state index contributed by atoms with van der Waals surface area (Å²) in [5, 5.41) is 3.47. The van der Waals surface area contributed by atoms with Gasteiger partial charge in [-0.05, 0) is 97.6 Å². The summed E-state index contributed by atoms with van der Waals surface area (Å²) in [7, 11) is 1.44. The van der Waals surface area contributed by atoms with Gasteiger partial charge in [-0.3, -0.25) is 10.1 Å². The maximum absolute atomic E-state index is 12.9. The van der Waals surface area contributed by atoms with Crippen LogP contribution in [0.3, 0.4) is 0 Å². The van der Waals surface area contributed by atoms with Gasteiger partial charge in [-0.2, -0.15) is 4.37 Å². The first kappa shape index (κ1) is 27.9. The highest BCUT2D eigenvalue weighted by atomic mass is 35.5. The lowest BCUT2D eigenvalue weighted by atomic mass is 9.91. The van der Waals surface area contributed by atoms with Crippen LogP contribution >= 0.6 is 23.1 Å². The molecule has 0 spiro atoms. The molecule has 1 aliphatic rings. The molecule has 1 amide bonds. The SMILES string of the molecule is COC(=O)C1(c2ccc(-c3cc(C)c(-c4snc(C)c4NC(=O)OC(C)c4ccccc4Cl)cc3C)cc2)CC1. The van der Waals surface area contributed by atoms with Gasteiger partial charge in [0.05, 0.1) is 28.8 Å². The van der Waals surface area contributed by atoms with Crippen molar-refractivity contribution in [2.75, 3.05) is 12.4 Å². The largest absolute Gasteiger partial charge is 0.468 e. The molecule has 5 rings (SSSR count). The molecule has 1 fully saturated rings. The van der Waals surface area contributed by atoms with E-state index >= 15 is 0 Å². The van der Waals surface area contributed by atoms with Crippen LogP contribution in [0.1, 0.15) is 53.8 Å². The van der Waals surface area contributed by atoms with Crippen molar-refractivity contribution in [2.45, 2.75) is 52.1 Å². The lowest BCUT2D eigenvalue weighted by molar-refractivity contribution is -0.143. The molecule has 1 aromatic heterocycles. The Morgan fingerprint density at radius 1 is 1.00 bits per heavy atom. The number of hydrogen-bond donors (Lipinski definition) is 1. The summed E-state index contributed by atoms with van der Waals surface area (Å²) >= 11 is 7.62. The van der Waals surface area contributed by atoms with Gasteiger partial charge in [-0.25, -0.2) is 4.79 Å². The molecule has 0 aliphatic heterocycles. The second-order valence-electron chi connectivity index (χ2n) is 10.3.